The molecule has 0 aliphatic heterocycles. The quantitative estimate of drug-likeness (QED) is 0.707. The van der Waals surface area contributed by atoms with Crippen molar-refractivity contribution in [3.8, 4) is 0 Å². The standard InChI is InChI=1S/C8H13N3O2.ClH/c1-9-7(8(12)13-2)3-6-4-10-5-11-6;/h4-5,7,9H,3H2,1-2H3,(H,10,11);1H/t7-;/m0./s1. The van der Waals surface area contributed by atoms with Gasteiger partial charge >= 0.3 is 5.97 Å². The van der Waals surface area contributed by atoms with E-state index in [4.69, 9.17) is 0 Å². The molecule has 1 heterocycles. The summed E-state index contributed by atoms with van der Waals surface area (Å²) in [6.07, 6.45) is 3.83. The first-order chi connectivity index (χ1) is 6.27. The Labute approximate surface area is 88.7 Å². The molecule has 1 rings (SSSR count). The van der Waals surface area contributed by atoms with Crippen LogP contribution in [0.1, 0.15) is 5.69 Å². The molecule has 0 aliphatic carbocycles. The Kier molecular flexibility index (Phi) is 5.91. The molecular formula is C8H14ClN3O2. The largest absolute Gasteiger partial charge is 0.468 e. The Morgan fingerprint density at radius 1 is 1.79 bits per heavy atom. The van der Waals surface area contributed by atoms with E-state index in [9.17, 15) is 4.79 Å². The van der Waals surface area contributed by atoms with Gasteiger partial charge in [-0.15, -0.1) is 12.4 Å². The van der Waals surface area contributed by atoms with E-state index >= 15 is 0 Å². The molecule has 80 valence electrons. The van der Waals surface area contributed by atoms with Crippen molar-refractivity contribution >= 4 is 18.4 Å². The summed E-state index contributed by atoms with van der Waals surface area (Å²) in [5.41, 5.74) is 0.907. The monoisotopic (exact) mass is 219 g/mol. The normalized spacial score (nSPS) is 11.6. The molecular weight excluding hydrogens is 206 g/mol. The molecule has 0 aromatic carbocycles. The van der Waals surface area contributed by atoms with Crippen LogP contribution in [0.2, 0.25) is 0 Å². The van der Waals surface area contributed by atoms with Crippen molar-refractivity contribution in [3.05, 3.63) is 18.2 Å². The summed E-state index contributed by atoms with van der Waals surface area (Å²) in [6.45, 7) is 0. The number of carbonyl (C=O) groups is 1. The van der Waals surface area contributed by atoms with Gasteiger partial charge in [0, 0.05) is 18.3 Å². The Bertz CT molecular complexity index is 264. The van der Waals surface area contributed by atoms with Gasteiger partial charge in [0.15, 0.2) is 0 Å². The first-order valence-electron chi connectivity index (χ1n) is 4.00. The summed E-state index contributed by atoms with van der Waals surface area (Å²) in [5.74, 6) is -0.267. The number of aromatic amines is 1. The minimum absolute atomic E-state index is 0. The molecule has 0 aliphatic rings. The van der Waals surface area contributed by atoms with Gasteiger partial charge in [-0.3, -0.25) is 4.79 Å². The SMILES string of the molecule is CN[C@@H](Cc1cnc[nH]1)C(=O)OC.Cl. The fourth-order valence-electron chi connectivity index (χ4n) is 1.06. The Morgan fingerprint density at radius 2 is 2.50 bits per heavy atom. The number of halogens is 1. The number of carbonyl (C=O) groups excluding carboxylic acids is 1. The lowest BCUT2D eigenvalue weighted by atomic mass is 10.2. The van der Waals surface area contributed by atoms with Crippen LogP contribution >= 0.6 is 12.4 Å². The number of likely N-dealkylation sites (N-methyl/N-ethyl adjacent to an activating group) is 1. The maximum Gasteiger partial charge on any atom is 0.323 e. The average Bonchev–Trinajstić information content (AvgIpc) is 2.65. The van der Waals surface area contributed by atoms with Crippen LogP contribution < -0.4 is 5.32 Å². The number of esters is 1. The molecule has 0 saturated heterocycles. The molecule has 0 spiro atoms. The van der Waals surface area contributed by atoms with E-state index in [0.29, 0.717) is 6.42 Å². The second-order valence-corrected chi connectivity index (χ2v) is 2.65. The van der Waals surface area contributed by atoms with E-state index in [2.05, 4.69) is 20.0 Å². The Morgan fingerprint density at radius 3 is 2.93 bits per heavy atom. The number of rotatable bonds is 4. The first kappa shape index (κ1) is 12.9. The van der Waals surface area contributed by atoms with E-state index < -0.39 is 0 Å². The van der Waals surface area contributed by atoms with Crippen molar-refractivity contribution in [2.75, 3.05) is 14.2 Å². The summed E-state index contributed by atoms with van der Waals surface area (Å²) < 4.78 is 4.62. The van der Waals surface area contributed by atoms with Gasteiger partial charge in [-0.2, -0.15) is 0 Å². The van der Waals surface area contributed by atoms with E-state index in [1.807, 2.05) is 0 Å². The number of imidazole rings is 1. The van der Waals surface area contributed by atoms with Crippen molar-refractivity contribution in [2.24, 2.45) is 0 Å². The second-order valence-electron chi connectivity index (χ2n) is 2.65. The minimum Gasteiger partial charge on any atom is -0.468 e. The molecule has 0 bridgehead atoms. The summed E-state index contributed by atoms with van der Waals surface area (Å²) in [6, 6.07) is -0.314. The molecule has 14 heavy (non-hydrogen) atoms. The lowest BCUT2D eigenvalue weighted by molar-refractivity contribution is -0.142. The minimum atomic E-state index is -0.314. The molecule has 1 aromatic rings. The van der Waals surface area contributed by atoms with Gasteiger partial charge < -0.3 is 15.0 Å². The van der Waals surface area contributed by atoms with Crippen LogP contribution in [0.25, 0.3) is 0 Å². The molecule has 5 nitrogen and oxygen atoms in total. The van der Waals surface area contributed by atoms with Crippen molar-refractivity contribution in [1.29, 1.82) is 0 Å². The summed E-state index contributed by atoms with van der Waals surface area (Å²) in [7, 11) is 3.09. The van der Waals surface area contributed by atoms with Crippen LogP contribution in [0.5, 0.6) is 0 Å². The highest BCUT2D eigenvalue weighted by molar-refractivity contribution is 5.85. The molecule has 0 radical (unpaired) electrons. The van der Waals surface area contributed by atoms with Gasteiger partial charge in [0.05, 0.1) is 13.4 Å². The van der Waals surface area contributed by atoms with Crippen molar-refractivity contribution in [1.82, 2.24) is 15.3 Å². The van der Waals surface area contributed by atoms with E-state index in [1.165, 1.54) is 7.11 Å². The van der Waals surface area contributed by atoms with E-state index in [-0.39, 0.29) is 24.4 Å². The predicted molar refractivity (Wildman–Crippen MR) is 54.4 cm³/mol. The maximum absolute atomic E-state index is 11.2. The third kappa shape index (κ3) is 3.35. The molecule has 0 amide bonds. The highest BCUT2D eigenvalue weighted by Crippen LogP contribution is 1.99. The highest BCUT2D eigenvalue weighted by Gasteiger charge is 2.17. The topological polar surface area (TPSA) is 67.0 Å². The Balaban J connectivity index is 0.00000169. The summed E-state index contributed by atoms with van der Waals surface area (Å²) in [5, 5.41) is 2.87. The summed E-state index contributed by atoms with van der Waals surface area (Å²) in [4.78, 5) is 17.9. The van der Waals surface area contributed by atoms with Crippen molar-refractivity contribution < 1.29 is 9.53 Å². The first-order valence-corrected chi connectivity index (χ1v) is 4.00. The van der Waals surface area contributed by atoms with Gasteiger partial charge in [-0.05, 0) is 7.05 Å². The lowest BCUT2D eigenvalue weighted by Crippen LogP contribution is -2.36. The molecule has 0 fully saturated rings. The molecule has 6 heteroatoms. The third-order valence-corrected chi connectivity index (χ3v) is 1.81. The van der Waals surface area contributed by atoms with Crippen LogP contribution in [-0.2, 0) is 16.0 Å². The molecule has 1 atom stereocenters. The fourth-order valence-corrected chi connectivity index (χ4v) is 1.06. The van der Waals surface area contributed by atoms with Gasteiger partial charge in [0.25, 0.3) is 0 Å². The summed E-state index contributed by atoms with van der Waals surface area (Å²) >= 11 is 0. The maximum atomic E-state index is 11.2. The second kappa shape index (κ2) is 6.39. The molecule has 0 unspecified atom stereocenters. The number of hydrogen-bond acceptors (Lipinski definition) is 4. The van der Waals surface area contributed by atoms with Gasteiger partial charge in [0.2, 0.25) is 0 Å². The number of H-pyrrole nitrogens is 1. The lowest BCUT2D eigenvalue weighted by Gasteiger charge is -2.11. The molecule has 0 saturated carbocycles. The van der Waals surface area contributed by atoms with E-state index in [0.717, 1.165) is 5.69 Å². The number of ether oxygens (including phenoxy) is 1. The zero-order valence-electron chi connectivity index (χ0n) is 8.11. The van der Waals surface area contributed by atoms with Crippen LogP contribution in [0, 0.1) is 0 Å². The third-order valence-electron chi connectivity index (χ3n) is 1.81. The van der Waals surface area contributed by atoms with Crippen LogP contribution in [0.4, 0.5) is 0 Å². The molecule has 1 aromatic heterocycles. The number of methoxy groups -OCH3 is 1. The van der Waals surface area contributed by atoms with Crippen LogP contribution in [0.15, 0.2) is 12.5 Å². The number of nitrogens with zero attached hydrogens (tertiary/aromatic N) is 1. The number of aromatic nitrogens is 2. The number of hydrogen-bond donors (Lipinski definition) is 2. The Hall–Kier alpha value is -1.07. The fraction of sp³-hybridized carbons (Fsp3) is 0.500. The van der Waals surface area contributed by atoms with Gasteiger partial charge in [-0.1, -0.05) is 0 Å². The van der Waals surface area contributed by atoms with Crippen molar-refractivity contribution in [2.45, 2.75) is 12.5 Å². The van der Waals surface area contributed by atoms with Crippen molar-refractivity contribution in [3.63, 3.8) is 0 Å². The van der Waals surface area contributed by atoms with E-state index in [1.54, 1.807) is 19.6 Å². The predicted octanol–water partition coefficient (Wildman–Crippen LogP) is 0.135. The zero-order valence-corrected chi connectivity index (χ0v) is 8.93. The number of nitrogens with one attached hydrogen (secondary N) is 2. The molecule has 2 N–H and O–H groups in total. The van der Waals surface area contributed by atoms with Gasteiger partial charge in [0.1, 0.15) is 6.04 Å². The highest BCUT2D eigenvalue weighted by atomic mass is 35.5. The van der Waals surface area contributed by atoms with Crippen LogP contribution in [-0.4, -0.2) is 36.1 Å². The van der Waals surface area contributed by atoms with Gasteiger partial charge in [-0.25, -0.2) is 4.98 Å². The van der Waals surface area contributed by atoms with Crippen LogP contribution in [0.3, 0.4) is 0 Å². The zero-order chi connectivity index (χ0) is 9.68. The average molecular weight is 220 g/mol. The smallest absolute Gasteiger partial charge is 0.323 e.